The number of halogens is 3. The summed E-state index contributed by atoms with van der Waals surface area (Å²) < 4.78 is 43.4. The SMILES string of the molecule is CC.COc1ccc(/C(N)=C(\Br)OCCOc2ccc(F)c(C(N)=O)c2F)cc1. The molecule has 9 heteroatoms. The van der Waals surface area contributed by atoms with Gasteiger partial charge in [-0.3, -0.25) is 4.79 Å². The standard InChI is InChI=1S/C18H17BrF2N2O4.C2H6/c1-25-11-4-2-10(3-5-11)16(22)17(19)27-9-8-26-13-7-6-12(20)14(15(13)21)18(23)24;1-2/h2-7H,8-9,22H2,1H3,(H2,23,24);1-2H3/b17-16-;. The highest BCUT2D eigenvalue weighted by Gasteiger charge is 2.19. The molecule has 0 bridgehead atoms. The van der Waals surface area contributed by atoms with Crippen LogP contribution in [0.2, 0.25) is 0 Å². The predicted octanol–water partition coefficient (Wildman–Crippen LogP) is 4.17. The number of hydrogen-bond donors (Lipinski definition) is 2. The van der Waals surface area contributed by atoms with Crippen LogP contribution < -0.4 is 20.9 Å². The van der Waals surface area contributed by atoms with E-state index >= 15 is 0 Å². The molecule has 29 heavy (non-hydrogen) atoms. The lowest BCUT2D eigenvalue weighted by molar-refractivity contribution is 0.0990. The van der Waals surface area contributed by atoms with Crippen LogP contribution in [-0.4, -0.2) is 26.2 Å². The summed E-state index contributed by atoms with van der Waals surface area (Å²) in [6, 6.07) is 8.98. The highest BCUT2D eigenvalue weighted by Crippen LogP contribution is 2.24. The molecule has 4 N–H and O–H groups in total. The average Bonchev–Trinajstić information content (AvgIpc) is 2.73. The second-order valence-corrected chi connectivity index (χ2v) is 5.93. The first-order chi connectivity index (χ1) is 13.8. The van der Waals surface area contributed by atoms with Gasteiger partial charge in [-0.15, -0.1) is 0 Å². The highest BCUT2D eigenvalue weighted by atomic mass is 79.9. The Morgan fingerprint density at radius 2 is 1.66 bits per heavy atom. The zero-order chi connectivity index (χ0) is 22.0. The van der Waals surface area contributed by atoms with E-state index in [4.69, 9.17) is 25.7 Å². The van der Waals surface area contributed by atoms with Crippen molar-refractivity contribution in [2.75, 3.05) is 20.3 Å². The summed E-state index contributed by atoms with van der Waals surface area (Å²) in [4.78, 5) is 11.1. The van der Waals surface area contributed by atoms with E-state index in [-0.39, 0.29) is 23.6 Å². The van der Waals surface area contributed by atoms with Crippen LogP contribution in [0.1, 0.15) is 29.8 Å². The maximum atomic E-state index is 14.0. The first-order valence-corrected chi connectivity index (χ1v) is 9.47. The van der Waals surface area contributed by atoms with Crippen LogP contribution in [0.4, 0.5) is 8.78 Å². The molecule has 0 unspecified atom stereocenters. The Kier molecular flexibility index (Phi) is 9.94. The van der Waals surface area contributed by atoms with Gasteiger partial charge in [0.2, 0.25) is 0 Å². The van der Waals surface area contributed by atoms with Crippen molar-refractivity contribution in [3.63, 3.8) is 0 Å². The maximum absolute atomic E-state index is 14.0. The zero-order valence-corrected chi connectivity index (χ0v) is 17.9. The van der Waals surface area contributed by atoms with Gasteiger partial charge in [0.05, 0.1) is 12.8 Å². The summed E-state index contributed by atoms with van der Waals surface area (Å²) >= 11 is 3.22. The molecule has 1 amide bonds. The molecule has 0 aliphatic carbocycles. The Morgan fingerprint density at radius 1 is 1.03 bits per heavy atom. The number of carbonyl (C=O) groups is 1. The molecule has 158 valence electrons. The van der Waals surface area contributed by atoms with E-state index in [0.717, 1.165) is 12.1 Å². The number of ether oxygens (including phenoxy) is 3. The minimum Gasteiger partial charge on any atom is -0.497 e. The van der Waals surface area contributed by atoms with Crippen molar-refractivity contribution in [3.8, 4) is 11.5 Å². The van der Waals surface area contributed by atoms with Crippen molar-refractivity contribution in [2.45, 2.75) is 13.8 Å². The topological polar surface area (TPSA) is 96.8 Å². The molecule has 6 nitrogen and oxygen atoms in total. The summed E-state index contributed by atoms with van der Waals surface area (Å²) in [5.41, 5.74) is 11.2. The third-order valence-electron chi connectivity index (χ3n) is 3.48. The van der Waals surface area contributed by atoms with Gasteiger partial charge in [-0.1, -0.05) is 13.8 Å². The average molecular weight is 473 g/mol. The molecule has 0 aliphatic heterocycles. The molecule has 2 aromatic rings. The smallest absolute Gasteiger partial charge is 0.254 e. The van der Waals surface area contributed by atoms with Crippen LogP contribution in [0.15, 0.2) is 41.1 Å². The number of hydrogen-bond acceptors (Lipinski definition) is 5. The van der Waals surface area contributed by atoms with Crippen LogP contribution in [0.25, 0.3) is 5.70 Å². The summed E-state index contributed by atoms with van der Waals surface area (Å²) in [7, 11) is 1.56. The van der Waals surface area contributed by atoms with Crippen LogP contribution in [0.5, 0.6) is 11.5 Å². The molecule has 0 spiro atoms. The van der Waals surface area contributed by atoms with Gasteiger partial charge in [0.25, 0.3) is 5.91 Å². The van der Waals surface area contributed by atoms with Gasteiger partial charge in [0.15, 0.2) is 16.2 Å². The van der Waals surface area contributed by atoms with Crippen molar-refractivity contribution < 1.29 is 27.8 Å². The minimum atomic E-state index is -1.22. The van der Waals surface area contributed by atoms with E-state index in [1.54, 1.807) is 31.4 Å². The van der Waals surface area contributed by atoms with Gasteiger partial charge in [-0.25, -0.2) is 8.78 Å². The lowest BCUT2D eigenvalue weighted by Gasteiger charge is -2.12. The Bertz CT molecular complexity index is 858. The molecule has 0 heterocycles. The Labute approximate surface area is 176 Å². The molecule has 2 aromatic carbocycles. The van der Waals surface area contributed by atoms with Gasteiger partial charge in [-0.2, -0.15) is 0 Å². The van der Waals surface area contributed by atoms with E-state index in [2.05, 4.69) is 15.9 Å². The highest BCUT2D eigenvalue weighted by molar-refractivity contribution is 9.11. The largest absolute Gasteiger partial charge is 0.497 e. The lowest BCUT2D eigenvalue weighted by Crippen LogP contribution is -2.17. The van der Waals surface area contributed by atoms with Crippen LogP contribution in [-0.2, 0) is 4.74 Å². The van der Waals surface area contributed by atoms with E-state index in [9.17, 15) is 13.6 Å². The van der Waals surface area contributed by atoms with E-state index in [1.165, 1.54) is 0 Å². The predicted molar refractivity (Wildman–Crippen MR) is 111 cm³/mol. The summed E-state index contributed by atoms with van der Waals surface area (Å²) in [6.07, 6.45) is 0. The van der Waals surface area contributed by atoms with Gasteiger partial charge >= 0.3 is 0 Å². The number of methoxy groups -OCH3 is 1. The summed E-state index contributed by atoms with van der Waals surface area (Å²) in [5.74, 6) is -3.05. The van der Waals surface area contributed by atoms with Crippen LogP contribution in [0, 0.1) is 11.6 Å². The Balaban J connectivity index is 0.00000204. The van der Waals surface area contributed by atoms with E-state index < -0.39 is 23.1 Å². The van der Waals surface area contributed by atoms with E-state index in [0.29, 0.717) is 17.0 Å². The van der Waals surface area contributed by atoms with Gasteiger partial charge in [0, 0.05) is 5.56 Å². The zero-order valence-electron chi connectivity index (χ0n) is 16.3. The Morgan fingerprint density at radius 3 is 2.21 bits per heavy atom. The first kappa shape index (κ1) is 24.2. The molecular weight excluding hydrogens is 450 g/mol. The van der Waals surface area contributed by atoms with E-state index in [1.807, 2.05) is 13.8 Å². The maximum Gasteiger partial charge on any atom is 0.254 e. The van der Waals surface area contributed by atoms with Crippen molar-refractivity contribution in [3.05, 3.63) is 63.8 Å². The second kappa shape index (κ2) is 11.9. The quantitative estimate of drug-likeness (QED) is 0.443. The number of amides is 1. The molecule has 0 atom stereocenters. The molecule has 0 saturated carbocycles. The van der Waals surface area contributed by atoms with Gasteiger partial charge in [0.1, 0.15) is 30.3 Å². The molecule has 0 radical (unpaired) electrons. The third kappa shape index (κ3) is 6.63. The van der Waals surface area contributed by atoms with Crippen LogP contribution in [0.3, 0.4) is 0 Å². The first-order valence-electron chi connectivity index (χ1n) is 8.68. The number of carbonyl (C=O) groups excluding carboxylic acids is 1. The molecule has 0 fully saturated rings. The van der Waals surface area contributed by atoms with Crippen molar-refractivity contribution in [1.82, 2.24) is 0 Å². The number of primary amides is 1. The summed E-state index contributed by atoms with van der Waals surface area (Å²) in [6.45, 7) is 3.94. The lowest BCUT2D eigenvalue weighted by atomic mass is 10.1. The molecule has 0 aromatic heterocycles. The normalized spacial score (nSPS) is 11.0. The van der Waals surface area contributed by atoms with Crippen molar-refractivity contribution >= 4 is 27.5 Å². The Hall–Kier alpha value is -2.81. The second-order valence-electron chi connectivity index (χ2n) is 5.21. The molecule has 2 rings (SSSR count). The number of rotatable bonds is 8. The fourth-order valence-electron chi connectivity index (χ4n) is 2.12. The van der Waals surface area contributed by atoms with Crippen molar-refractivity contribution in [2.24, 2.45) is 11.5 Å². The fraction of sp³-hybridized carbons (Fsp3) is 0.250. The number of nitrogens with two attached hydrogens (primary N) is 2. The minimum absolute atomic E-state index is 0.0140. The fourth-order valence-corrected chi connectivity index (χ4v) is 2.51. The van der Waals surface area contributed by atoms with Gasteiger partial charge in [-0.05, 0) is 52.3 Å². The van der Waals surface area contributed by atoms with Crippen molar-refractivity contribution in [1.29, 1.82) is 0 Å². The summed E-state index contributed by atoms with van der Waals surface area (Å²) in [5, 5.41) is 0. The van der Waals surface area contributed by atoms with Crippen LogP contribution >= 0.6 is 15.9 Å². The molecule has 0 aliphatic rings. The molecule has 0 saturated heterocycles. The third-order valence-corrected chi connectivity index (χ3v) is 4.14. The van der Waals surface area contributed by atoms with Gasteiger partial charge < -0.3 is 25.7 Å². The monoisotopic (exact) mass is 472 g/mol. The number of benzene rings is 2. The molecular formula is C20H23BrF2N2O4.